The molecule has 6 nitrogen and oxygen atoms in total. The third kappa shape index (κ3) is 4.90. The van der Waals surface area contributed by atoms with Crippen LogP contribution in [0, 0.1) is 5.82 Å². The highest BCUT2D eigenvalue weighted by Gasteiger charge is 2.12. The van der Waals surface area contributed by atoms with Crippen LogP contribution in [-0.4, -0.2) is 23.3 Å². The van der Waals surface area contributed by atoms with Gasteiger partial charge in [-0.25, -0.2) is 4.39 Å². The molecule has 3 N–H and O–H groups in total. The molecule has 0 unspecified atom stereocenters. The van der Waals surface area contributed by atoms with E-state index in [4.69, 9.17) is 11.6 Å². The second kappa shape index (κ2) is 8.07. The molecule has 1 heterocycles. The van der Waals surface area contributed by atoms with Crippen LogP contribution in [0.4, 0.5) is 10.1 Å². The first kappa shape index (κ1) is 18.2. The maximum absolute atomic E-state index is 12.9. The monoisotopic (exact) mass is 415 g/mol. The second-order valence-electron chi connectivity index (χ2n) is 4.74. The minimum atomic E-state index is -0.546. The first-order chi connectivity index (χ1) is 11.4. The van der Waals surface area contributed by atoms with Crippen molar-refractivity contribution < 1.29 is 14.0 Å². The van der Waals surface area contributed by atoms with Crippen LogP contribution in [0.3, 0.4) is 0 Å². The standard InChI is InChI=1S/C15H12BrClFN3O3/c16-8-5-12(15(24)20-7-8)21-13(22)3-4-19-14(23)10-2-1-9(18)6-11(10)17/h1-2,5-7H,3-4H2,(H,19,23)(H,20,24)(H,21,22). The van der Waals surface area contributed by atoms with Gasteiger partial charge >= 0.3 is 0 Å². The number of aromatic amines is 1. The van der Waals surface area contributed by atoms with Gasteiger partial charge < -0.3 is 15.6 Å². The summed E-state index contributed by atoms with van der Waals surface area (Å²) >= 11 is 8.96. The first-order valence-electron chi connectivity index (χ1n) is 6.78. The van der Waals surface area contributed by atoms with E-state index in [1.165, 1.54) is 18.3 Å². The van der Waals surface area contributed by atoms with E-state index in [-0.39, 0.29) is 29.2 Å². The topological polar surface area (TPSA) is 91.1 Å². The van der Waals surface area contributed by atoms with E-state index in [0.29, 0.717) is 4.47 Å². The van der Waals surface area contributed by atoms with Gasteiger partial charge in [0.25, 0.3) is 11.5 Å². The van der Waals surface area contributed by atoms with Crippen molar-refractivity contribution in [2.24, 2.45) is 0 Å². The number of amides is 2. The van der Waals surface area contributed by atoms with Gasteiger partial charge in [-0.1, -0.05) is 11.6 Å². The summed E-state index contributed by atoms with van der Waals surface area (Å²) in [7, 11) is 0. The Morgan fingerprint density at radius 1 is 1.29 bits per heavy atom. The molecule has 2 rings (SSSR count). The fourth-order valence-electron chi connectivity index (χ4n) is 1.82. The van der Waals surface area contributed by atoms with Crippen LogP contribution >= 0.6 is 27.5 Å². The van der Waals surface area contributed by atoms with Gasteiger partial charge in [-0.05, 0) is 40.2 Å². The van der Waals surface area contributed by atoms with Gasteiger partial charge in [-0.15, -0.1) is 0 Å². The number of nitrogens with one attached hydrogen (secondary N) is 3. The smallest absolute Gasteiger partial charge is 0.271 e. The average molecular weight is 417 g/mol. The number of H-pyrrole nitrogens is 1. The number of carbonyl (C=O) groups is 2. The van der Waals surface area contributed by atoms with Crippen LogP contribution < -0.4 is 16.2 Å². The lowest BCUT2D eigenvalue weighted by molar-refractivity contribution is -0.116. The zero-order valence-corrected chi connectivity index (χ0v) is 14.5. The molecule has 0 atom stereocenters. The fraction of sp³-hybridized carbons (Fsp3) is 0.133. The molecule has 0 aliphatic rings. The summed E-state index contributed by atoms with van der Waals surface area (Å²) < 4.78 is 13.5. The van der Waals surface area contributed by atoms with Crippen LogP contribution in [0.5, 0.6) is 0 Å². The summed E-state index contributed by atoms with van der Waals surface area (Å²) in [5.41, 5.74) is -0.224. The van der Waals surface area contributed by atoms with Gasteiger partial charge in [0, 0.05) is 23.6 Å². The van der Waals surface area contributed by atoms with Crippen molar-refractivity contribution in [1.29, 1.82) is 0 Å². The lowest BCUT2D eigenvalue weighted by Crippen LogP contribution is -2.28. The number of carbonyl (C=O) groups excluding carboxylic acids is 2. The van der Waals surface area contributed by atoms with Gasteiger partial charge in [0.2, 0.25) is 5.91 Å². The molecule has 0 spiro atoms. The number of hydrogen-bond donors (Lipinski definition) is 3. The van der Waals surface area contributed by atoms with Crippen molar-refractivity contribution in [1.82, 2.24) is 10.3 Å². The molecule has 2 amide bonds. The molecule has 0 saturated heterocycles. The molecule has 0 radical (unpaired) electrons. The summed E-state index contributed by atoms with van der Waals surface area (Å²) in [4.78, 5) is 37.7. The normalized spacial score (nSPS) is 10.3. The number of rotatable bonds is 5. The summed E-state index contributed by atoms with van der Waals surface area (Å²) in [6.07, 6.45) is 1.40. The Hall–Kier alpha value is -2.19. The Kier molecular flexibility index (Phi) is 6.10. The van der Waals surface area contributed by atoms with Crippen LogP contribution in [0.1, 0.15) is 16.8 Å². The van der Waals surface area contributed by atoms with Crippen molar-refractivity contribution in [3.05, 3.63) is 61.7 Å². The number of halogens is 3. The predicted octanol–water partition coefficient (Wildman–Crippen LogP) is 2.69. The zero-order valence-electron chi connectivity index (χ0n) is 12.2. The highest BCUT2D eigenvalue weighted by atomic mass is 79.9. The van der Waals surface area contributed by atoms with Gasteiger partial charge in [0.15, 0.2) is 0 Å². The first-order valence-corrected chi connectivity index (χ1v) is 7.95. The molecule has 126 valence electrons. The lowest BCUT2D eigenvalue weighted by Gasteiger charge is -2.07. The van der Waals surface area contributed by atoms with Crippen LogP contribution in [0.2, 0.25) is 5.02 Å². The van der Waals surface area contributed by atoms with Gasteiger partial charge in [0.05, 0.1) is 10.6 Å². The van der Waals surface area contributed by atoms with Crippen LogP contribution in [0.15, 0.2) is 39.7 Å². The highest BCUT2D eigenvalue weighted by molar-refractivity contribution is 9.10. The molecule has 1 aromatic carbocycles. The Labute approximate surface area is 149 Å². The van der Waals surface area contributed by atoms with E-state index in [0.717, 1.165) is 12.1 Å². The van der Waals surface area contributed by atoms with Crippen molar-refractivity contribution in [3.63, 3.8) is 0 Å². The van der Waals surface area contributed by atoms with Crippen molar-refractivity contribution in [3.8, 4) is 0 Å². The molecular weight excluding hydrogens is 405 g/mol. The second-order valence-corrected chi connectivity index (χ2v) is 6.06. The van der Waals surface area contributed by atoms with E-state index in [1.807, 2.05) is 0 Å². The summed E-state index contributed by atoms with van der Waals surface area (Å²) in [5, 5.41) is 4.93. The van der Waals surface area contributed by atoms with Crippen molar-refractivity contribution >= 4 is 45.0 Å². The SMILES string of the molecule is O=C(CCNC(=O)c1ccc(F)cc1Cl)Nc1cc(Br)c[nH]c1=O. The average Bonchev–Trinajstić information content (AvgIpc) is 2.50. The van der Waals surface area contributed by atoms with E-state index >= 15 is 0 Å². The molecule has 0 fully saturated rings. The zero-order chi connectivity index (χ0) is 17.7. The van der Waals surface area contributed by atoms with E-state index < -0.39 is 23.2 Å². The number of aromatic nitrogens is 1. The third-order valence-electron chi connectivity index (χ3n) is 2.96. The van der Waals surface area contributed by atoms with Crippen LogP contribution in [0.25, 0.3) is 0 Å². The molecule has 0 bridgehead atoms. The Morgan fingerprint density at radius 3 is 2.75 bits per heavy atom. The molecule has 0 aliphatic carbocycles. The number of pyridine rings is 1. The van der Waals surface area contributed by atoms with Gasteiger partial charge in [0.1, 0.15) is 11.5 Å². The third-order valence-corrected chi connectivity index (χ3v) is 3.73. The minimum absolute atomic E-state index is 0.0161. The highest BCUT2D eigenvalue weighted by Crippen LogP contribution is 2.17. The summed E-state index contributed by atoms with van der Waals surface area (Å²) in [6.45, 7) is 0.0320. The molecule has 9 heteroatoms. The Morgan fingerprint density at radius 2 is 2.04 bits per heavy atom. The maximum Gasteiger partial charge on any atom is 0.271 e. The molecule has 0 saturated carbocycles. The predicted molar refractivity (Wildman–Crippen MR) is 91.8 cm³/mol. The quantitative estimate of drug-likeness (QED) is 0.700. The van der Waals surface area contributed by atoms with Gasteiger partial charge in [-0.2, -0.15) is 0 Å². The molecule has 2 aromatic rings. The fourth-order valence-corrected chi connectivity index (χ4v) is 2.42. The molecular formula is C15H12BrClFN3O3. The minimum Gasteiger partial charge on any atom is -0.351 e. The van der Waals surface area contributed by atoms with Crippen LogP contribution in [-0.2, 0) is 4.79 Å². The Balaban J connectivity index is 1.87. The molecule has 0 aliphatic heterocycles. The number of benzene rings is 1. The van der Waals surface area contributed by atoms with E-state index in [9.17, 15) is 18.8 Å². The molecule has 24 heavy (non-hydrogen) atoms. The van der Waals surface area contributed by atoms with E-state index in [1.54, 1.807) is 0 Å². The lowest BCUT2D eigenvalue weighted by atomic mass is 10.2. The maximum atomic E-state index is 12.9. The summed E-state index contributed by atoms with van der Waals surface area (Å²) in [6, 6.07) is 4.87. The summed E-state index contributed by atoms with van der Waals surface area (Å²) in [5.74, 6) is -1.51. The van der Waals surface area contributed by atoms with Crippen molar-refractivity contribution in [2.45, 2.75) is 6.42 Å². The van der Waals surface area contributed by atoms with Crippen molar-refractivity contribution in [2.75, 3.05) is 11.9 Å². The Bertz CT molecular complexity index is 841. The largest absolute Gasteiger partial charge is 0.351 e. The molecule has 1 aromatic heterocycles. The number of hydrogen-bond acceptors (Lipinski definition) is 3. The number of anilines is 1. The van der Waals surface area contributed by atoms with E-state index in [2.05, 4.69) is 31.5 Å². The van der Waals surface area contributed by atoms with Gasteiger partial charge in [-0.3, -0.25) is 14.4 Å².